The lowest BCUT2D eigenvalue weighted by molar-refractivity contribution is -0.135. The van der Waals surface area contributed by atoms with Gasteiger partial charge in [-0.15, -0.1) is 0 Å². The van der Waals surface area contributed by atoms with Gasteiger partial charge in [-0.1, -0.05) is 18.5 Å². The number of alkyl halides is 3. The molecule has 118 valence electrons. The number of hydrogen-bond acceptors (Lipinski definition) is 3. The van der Waals surface area contributed by atoms with Gasteiger partial charge >= 0.3 is 6.18 Å². The predicted octanol–water partition coefficient (Wildman–Crippen LogP) is 3.63. The number of carbonyl (C=O) groups excluding carboxylic acids is 1. The zero-order valence-corrected chi connectivity index (χ0v) is 12.3. The highest BCUT2D eigenvalue weighted by Crippen LogP contribution is 2.21. The Bertz CT molecular complexity index is 480. The molecule has 4 nitrogen and oxygen atoms in total. The molecule has 8 heteroatoms. The van der Waals surface area contributed by atoms with Crippen molar-refractivity contribution >= 4 is 23.3 Å². The maximum absolute atomic E-state index is 12.0. The number of rotatable bonds is 7. The van der Waals surface area contributed by atoms with Gasteiger partial charge in [-0.2, -0.15) is 13.2 Å². The number of pyridine rings is 1. The van der Waals surface area contributed by atoms with E-state index >= 15 is 0 Å². The molecule has 0 unspecified atom stereocenters. The first-order valence-electron chi connectivity index (χ1n) is 6.58. The van der Waals surface area contributed by atoms with Crippen LogP contribution in [0.3, 0.4) is 0 Å². The van der Waals surface area contributed by atoms with E-state index in [2.05, 4.69) is 15.6 Å². The van der Waals surface area contributed by atoms with Gasteiger partial charge in [0.05, 0.1) is 10.6 Å². The van der Waals surface area contributed by atoms with Crippen molar-refractivity contribution < 1.29 is 18.0 Å². The fourth-order valence-electron chi connectivity index (χ4n) is 1.53. The average molecular weight is 324 g/mol. The zero-order chi connectivity index (χ0) is 15.9. The Balaban J connectivity index is 2.49. The van der Waals surface area contributed by atoms with Crippen LogP contribution in [0.15, 0.2) is 12.3 Å². The first-order chi connectivity index (χ1) is 9.83. The summed E-state index contributed by atoms with van der Waals surface area (Å²) in [6, 6.07) is 1.44. The van der Waals surface area contributed by atoms with Crippen LogP contribution in [0.4, 0.5) is 19.0 Å². The fraction of sp³-hybridized carbons (Fsp3) is 0.538. The molecule has 1 heterocycles. The summed E-state index contributed by atoms with van der Waals surface area (Å²) in [6.07, 6.45) is -3.05. The summed E-state index contributed by atoms with van der Waals surface area (Å²) in [7, 11) is 0. The highest BCUT2D eigenvalue weighted by Gasteiger charge is 2.26. The Hall–Kier alpha value is -1.50. The third-order valence-corrected chi connectivity index (χ3v) is 2.86. The summed E-state index contributed by atoms with van der Waals surface area (Å²) >= 11 is 5.98. The Labute approximate surface area is 126 Å². The summed E-state index contributed by atoms with van der Waals surface area (Å²) in [5.74, 6) is -0.0132. The van der Waals surface area contributed by atoms with Crippen molar-refractivity contribution in [2.24, 2.45) is 0 Å². The molecule has 0 atom stereocenters. The normalized spacial score (nSPS) is 11.3. The molecular formula is C13H17ClF3N3O. The Morgan fingerprint density at radius 1 is 1.38 bits per heavy atom. The van der Waals surface area contributed by atoms with E-state index in [9.17, 15) is 18.0 Å². The van der Waals surface area contributed by atoms with Gasteiger partial charge in [-0.3, -0.25) is 4.79 Å². The van der Waals surface area contributed by atoms with E-state index in [4.69, 9.17) is 11.6 Å². The van der Waals surface area contributed by atoms with Crippen molar-refractivity contribution in [3.05, 3.63) is 22.8 Å². The van der Waals surface area contributed by atoms with E-state index in [0.717, 1.165) is 6.42 Å². The number of aromatic nitrogens is 1. The van der Waals surface area contributed by atoms with E-state index in [-0.39, 0.29) is 18.5 Å². The second-order valence-corrected chi connectivity index (χ2v) is 4.86. The smallest absolute Gasteiger partial charge is 0.369 e. The number of hydrogen-bond donors (Lipinski definition) is 2. The first kappa shape index (κ1) is 17.6. The summed E-state index contributed by atoms with van der Waals surface area (Å²) in [4.78, 5) is 15.8. The van der Waals surface area contributed by atoms with Crippen molar-refractivity contribution in [3.63, 3.8) is 0 Å². The van der Waals surface area contributed by atoms with Crippen LogP contribution in [0.25, 0.3) is 0 Å². The number of halogens is 4. The molecule has 0 radical (unpaired) electrons. The molecule has 0 aromatic carbocycles. The molecule has 0 aliphatic rings. The Morgan fingerprint density at radius 3 is 2.67 bits per heavy atom. The summed E-state index contributed by atoms with van der Waals surface area (Å²) in [6.45, 7) is 2.64. The van der Waals surface area contributed by atoms with E-state index < -0.39 is 18.5 Å². The second kappa shape index (κ2) is 8.07. The van der Waals surface area contributed by atoms with Gasteiger partial charge in [0, 0.05) is 25.7 Å². The van der Waals surface area contributed by atoms with Crippen LogP contribution in [0.2, 0.25) is 5.02 Å². The standard InChI is InChI=1S/C13H17ClF3N3O/c1-2-5-18-11-10(14)7-9(8-20-11)12(21)19-6-3-4-13(15,16)17/h7-8H,2-6H2,1H3,(H,18,20)(H,19,21). The van der Waals surface area contributed by atoms with Gasteiger partial charge in [0.1, 0.15) is 5.82 Å². The number of nitrogens with one attached hydrogen (secondary N) is 2. The minimum absolute atomic E-state index is 0.0498. The highest BCUT2D eigenvalue weighted by atomic mass is 35.5. The molecular weight excluding hydrogens is 307 g/mol. The first-order valence-corrected chi connectivity index (χ1v) is 6.95. The fourth-order valence-corrected chi connectivity index (χ4v) is 1.76. The van der Waals surface area contributed by atoms with Gasteiger partial charge < -0.3 is 10.6 Å². The largest absolute Gasteiger partial charge is 0.389 e. The molecule has 1 rings (SSSR count). The lowest BCUT2D eigenvalue weighted by Gasteiger charge is -2.09. The number of amides is 1. The molecule has 0 fully saturated rings. The lowest BCUT2D eigenvalue weighted by atomic mass is 10.2. The topological polar surface area (TPSA) is 54.0 Å². The quantitative estimate of drug-likeness (QED) is 0.753. The van der Waals surface area contributed by atoms with Crippen molar-refractivity contribution in [2.45, 2.75) is 32.4 Å². The van der Waals surface area contributed by atoms with Crippen LogP contribution in [0.1, 0.15) is 36.5 Å². The van der Waals surface area contributed by atoms with Crippen LogP contribution >= 0.6 is 11.6 Å². The van der Waals surface area contributed by atoms with Gasteiger partial charge in [-0.05, 0) is 18.9 Å². The second-order valence-electron chi connectivity index (χ2n) is 4.46. The maximum atomic E-state index is 12.0. The van der Waals surface area contributed by atoms with Gasteiger partial charge in [0.25, 0.3) is 5.91 Å². The Kier molecular flexibility index (Phi) is 6.74. The molecule has 0 saturated heterocycles. The van der Waals surface area contributed by atoms with Crippen LogP contribution in [-0.2, 0) is 0 Å². The van der Waals surface area contributed by atoms with E-state index in [0.29, 0.717) is 17.4 Å². The molecule has 21 heavy (non-hydrogen) atoms. The SMILES string of the molecule is CCCNc1ncc(C(=O)NCCCC(F)(F)F)cc1Cl. The molecule has 1 amide bonds. The Morgan fingerprint density at radius 2 is 2.10 bits per heavy atom. The number of nitrogens with zero attached hydrogens (tertiary/aromatic N) is 1. The third-order valence-electron chi connectivity index (χ3n) is 2.57. The molecule has 0 aliphatic carbocycles. The van der Waals surface area contributed by atoms with Crippen molar-refractivity contribution in [2.75, 3.05) is 18.4 Å². The minimum atomic E-state index is -4.21. The highest BCUT2D eigenvalue weighted by molar-refractivity contribution is 6.33. The van der Waals surface area contributed by atoms with Crippen molar-refractivity contribution in [3.8, 4) is 0 Å². The molecule has 0 bridgehead atoms. The molecule has 1 aromatic heterocycles. The van der Waals surface area contributed by atoms with E-state index in [1.807, 2.05) is 6.92 Å². The summed E-state index contributed by atoms with van der Waals surface area (Å²) in [5, 5.41) is 5.70. The average Bonchev–Trinajstić information content (AvgIpc) is 2.41. The van der Waals surface area contributed by atoms with Crippen molar-refractivity contribution in [1.29, 1.82) is 0 Å². The third kappa shape index (κ3) is 6.66. The number of carbonyl (C=O) groups is 1. The summed E-state index contributed by atoms with van der Waals surface area (Å²) in [5.41, 5.74) is 0.217. The molecule has 0 aliphatic heterocycles. The minimum Gasteiger partial charge on any atom is -0.369 e. The van der Waals surface area contributed by atoms with Crippen molar-refractivity contribution in [1.82, 2.24) is 10.3 Å². The van der Waals surface area contributed by atoms with Gasteiger partial charge in [0.2, 0.25) is 0 Å². The molecule has 2 N–H and O–H groups in total. The lowest BCUT2D eigenvalue weighted by Crippen LogP contribution is -2.25. The molecule has 0 saturated carbocycles. The van der Waals surface area contributed by atoms with Crippen LogP contribution in [0, 0.1) is 0 Å². The van der Waals surface area contributed by atoms with Gasteiger partial charge in [0.15, 0.2) is 0 Å². The monoisotopic (exact) mass is 323 g/mol. The van der Waals surface area contributed by atoms with Gasteiger partial charge in [-0.25, -0.2) is 4.98 Å². The van der Waals surface area contributed by atoms with E-state index in [1.54, 1.807) is 0 Å². The van der Waals surface area contributed by atoms with E-state index in [1.165, 1.54) is 12.3 Å². The predicted molar refractivity (Wildman–Crippen MR) is 75.6 cm³/mol. The van der Waals surface area contributed by atoms with Crippen LogP contribution < -0.4 is 10.6 Å². The molecule has 0 spiro atoms. The zero-order valence-electron chi connectivity index (χ0n) is 11.6. The number of anilines is 1. The molecule has 1 aromatic rings. The summed E-state index contributed by atoms with van der Waals surface area (Å²) < 4.78 is 35.9. The van der Waals surface area contributed by atoms with Crippen LogP contribution in [-0.4, -0.2) is 30.2 Å². The maximum Gasteiger partial charge on any atom is 0.389 e. The van der Waals surface area contributed by atoms with Crippen LogP contribution in [0.5, 0.6) is 0 Å².